The molecule has 0 saturated heterocycles. The summed E-state index contributed by atoms with van der Waals surface area (Å²) >= 11 is 1.61. The van der Waals surface area contributed by atoms with Gasteiger partial charge in [0.15, 0.2) is 0 Å². The Morgan fingerprint density at radius 2 is 1.83 bits per heavy atom. The van der Waals surface area contributed by atoms with Gasteiger partial charge in [0.1, 0.15) is 12.1 Å². The lowest BCUT2D eigenvalue weighted by Crippen LogP contribution is -2.31. The van der Waals surface area contributed by atoms with E-state index < -0.39 is 0 Å². The lowest BCUT2D eigenvalue weighted by molar-refractivity contribution is -0.131. The predicted molar refractivity (Wildman–Crippen MR) is 141 cm³/mol. The summed E-state index contributed by atoms with van der Waals surface area (Å²) in [5, 5.41) is 6.12. The number of hydrogen-bond acceptors (Lipinski definition) is 6. The van der Waals surface area contributed by atoms with E-state index in [-0.39, 0.29) is 5.91 Å². The Balaban J connectivity index is 1.43. The number of rotatable bonds is 8. The van der Waals surface area contributed by atoms with Crippen LogP contribution in [0.3, 0.4) is 0 Å². The van der Waals surface area contributed by atoms with Crippen LogP contribution in [0.25, 0.3) is 22.0 Å². The minimum absolute atomic E-state index is 0.0880. The van der Waals surface area contributed by atoms with E-state index in [1.807, 2.05) is 59.8 Å². The van der Waals surface area contributed by atoms with Gasteiger partial charge >= 0.3 is 0 Å². The van der Waals surface area contributed by atoms with Crippen molar-refractivity contribution in [3.63, 3.8) is 0 Å². The van der Waals surface area contributed by atoms with Crippen LogP contribution in [0.2, 0.25) is 0 Å². The van der Waals surface area contributed by atoms with Crippen LogP contribution in [0.1, 0.15) is 16.1 Å². The SMILES string of the molecule is CNc1ncnc2ccc(-c3cccc(CN(Cc4ccccn4)C(=O)Cc4cccs4)c3)cc12. The molecule has 174 valence electrons. The smallest absolute Gasteiger partial charge is 0.228 e. The average molecular weight is 480 g/mol. The molecular weight excluding hydrogens is 454 g/mol. The molecule has 5 rings (SSSR count). The van der Waals surface area contributed by atoms with Crippen molar-refractivity contribution >= 4 is 34.0 Å². The van der Waals surface area contributed by atoms with Gasteiger partial charge in [-0.25, -0.2) is 9.97 Å². The van der Waals surface area contributed by atoms with Gasteiger partial charge in [-0.1, -0.05) is 36.4 Å². The van der Waals surface area contributed by atoms with Crippen molar-refractivity contribution in [3.05, 3.63) is 107 Å². The van der Waals surface area contributed by atoms with Gasteiger partial charge < -0.3 is 10.2 Å². The quantitative estimate of drug-likeness (QED) is 0.315. The molecule has 6 nitrogen and oxygen atoms in total. The minimum atomic E-state index is 0.0880. The van der Waals surface area contributed by atoms with E-state index in [1.165, 1.54) is 0 Å². The van der Waals surface area contributed by atoms with Crippen molar-refractivity contribution < 1.29 is 4.79 Å². The highest BCUT2D eigenvalue weighted by Gasteiger charge is 2.17. The average Bonchev–Trinajstić information content (AvgIpc) is 3.41. The van der Waals surface area contributed by atoms with Crippen LogP contribution in [0.15, 0.2) is 90.7 Å². The van der Waals surface area contributed by atoms with Gasteiger partial charge in [-0.15, -0.1) is 11.3 Å². The molecule has 3 heterocycles. The van der Waals surface area contributed by atoms with Crippen LogP contribution < -0.4 is 5.32 Å². The molecule has 0 fully saturated rings. The first-order valence-corrected chi connectivity index (χ1v) is 12.3. The summed E-state index contributed by atoms with van der Waals surface area (Å²) in [5.74, 6) is 0.888. The Labute approximate surface area is 208 Å². The van der Waals surface area contributed by atoms with E-state index in [4.69, 9.17) is 0 Å². The first-order valence-electron chi connectivity index (χ1n) is 11.4. The van der Waals surface area contributed by atoms with Crippen molar-refractivity contribution in [2.45, 2.75) is 19.5 Å². The number of thiophene rings is 1. The van der Waals surface area contributed by atoms with Gasteiger partial charge in [0, 0.05) is 30.1 Å². The second kappa shape index (κ2) is 10.4. The van der Waals surface area contributed by atoms with E-state index in [2.05, 4.69) is 50.6 Å². The van der Waals surface area contributed by atoms with Crippen molar-refractivity contribution in [1.29, 1.82) is 0 Å². The third-order valence-electron chi connectivity index (χ3n) is 5.84. The minimum Gasteiger partial charge on any atom is -0.373 e. The maximum Gasteiger partial charge on any atom is 0.228 e. The summed E-state index contributed by atoms with van der Waals surface area (Å²) in [5.41, 5.74) is 4.99. The summed E-state index contributed by atoms with van der Waals surface area (Å²) in [7, 11) is 1.86. The van der Waals surface area contributed by atoms with E-state index in [1.54, 1.807) is 23.9 Å². The zero-order chi connectivity index (χ0) is 24.0. The molecule has 0 bridgehead atoms. The molecule has 0 atom stereocenters. The van der Waals surface area contributed by atoms with E-state index >= 15 is 0 Å². The second-order valence-corrected chi connectivity index (χ2v) is 9.26. The number of aromatic nitrogens is 3. The van der Waals surface area contributed by atoms with Crippen LogP contribution in [0, 0.1) is 0 Å². The third kappa shape index (κ3) is 5.36. The summed E-state index contributed by atoms with van der Waals surface area (Å²) in [4.78, 5) is 29.4. The van der Waals surface area contributed by atoms with Crippen LogP contribution in [-0.2, 0) is 24.3 Å². The summed E-state index contributed by atoms with van der Waals surface area (Å²) in [6.07, 6.45) is 3.72. The maximum atomic E-state index is 13.3. The fourth-order valence-corrected chi connectivity index (χ4v) is 4.79. The van der Waals surface area contributed by atoms with Crippen LogP contribution in [0.5, 0.6) is 0 Å². The Hall–Kier alpha value is -4.10. The van der Waals surface area contributed by atoms with E-state index in [0.29, 0.717) is 19.5 Å². The number of amides is 1. The topological polar surface area (TPSA) is 71.0 Å². The summed E-state index contributed by atoms with van der Waals surface area (Å²) in [6.45, 7) is 0.973. The molecule has 5 aromatic rings. The van der Waals surface area contributed by atoms with Crippen molar-refractivity contribution in [3.8, 4) is 11.1 Å². The first-order chi connectivity index (χ1) is 17.2. The highest BCUT2D eigenvalue weighted by molar-refractivity contribution is 7.10. The van der Waals surface area contributed by atoms with E-state index in [0.717, 1.165) is 44.0 Å². The molecule has 0 saturated carbocycles. The lowest BCUT2D eigenvalue weighted by Gasteiger charge is -2.23. The molecule has 0 unspecified atom stereocenters. The molecule has 2 aromatic carbocycles. The fraction of sp³-hybridized carbons (Fsp3) is 0.143. The number of nitrogens with one attached hydrogen (secondary N) is 1. The van der Waals surface area contributed by atoms with Crippen molar-refractivity contribution in [1.82, 2.24) is 19.9 Å². The molecule has 0 aliphatic carbocycles. The Bertz CT molecular complexity index is 1440. The Morgan fingerprint density at radius 1 is 0.914 bits per heavy atom. The molecule has 35 heavy (non-hydrogen) atoms. The molecule has 0 aliphatic heterocycles. The number of hydrogen-bond donors (Lipinski definition) is 1. The largest absolute Gasteiger partial charge is 0.373 e. The van der Waals surface area contributed by atoms with Gasteiger partial charge in [-0.2, -0.15) is 0 Å². The van der Waals surface area contributed by atoms with Gasteiger partial charge in [0.25, 0.3) is 0 Å². The van der Waals surface area contributed by atoms with Crippen LogP contribution in [0.4, 0.5) is 5.82 Å². The summed E-state index contributed by atoms with van der Waals surface area (Å²) < 4.78 is 0. The number of fused-ring (bicyclic) bond motifs is 1. The Kier molecular flexibility index (Phi) is 6.77. The van der Waals surface area contributed by atoms with Crippen LogP contribution in [-0.4, -0.2) is 32.8 Å². The van der Waals surface area contributed by atoms with Gasteiger partial charge in [-0.3, -0.25) is 9.78 Å². The zero-order valence-electron chi connectivity index (χ0n) is 19.4. The normalized spacial score (nSPS) is 10.9. The van der Waals surface area contributed by atoms with Crippen molar-refractivity contribution in [2.24, 2.45) is 0 Å². The fourth-order valence-electron chi connectivity index (χ4n) is 4.10. The third-order valence-corrected chi connectivity index (χ3v) is 6.72. The van der Waals surface area contributed by atoms with Crippen molar-refractivity contribution in [2.75, 3.05) is 12.4 Å². The number of benzene rings is 2. The monoisotopic (exact) mass is 479 g/mol. The summed E-state index contributed by atoms with van der Waals surface area (Å²) in [6, 6.07) is 24.3. The van der Waals surface area contributed by atoms with Crippen LogP contribution >= 0.6 is 11.3 Å². The predicted octanol–water partition coefficient (Wildman–Crippen LogP) is 5.57. The highest BCUT2D eigenvalue weighted by atomic mass is 32.1. The maximum absolute atomic E-state index is 13.3. The molecule has 0 aliphatic rings. The molecule has 1 amide bonds. The lowest BCUT2D eigenvalue weighted by atomic mass is 10.0. The molecule has 3 aromatic heterocycles. The van der Waals surface area contributed by atoms with Gasteiger partial charge in [0.05, 0.1) is 24.2 Å². The number of carbonyl (C=O) groups is 1. The number of carbonyl (C=O) groups excluding carboxylic acids is 1. The number of pyridine rings is 1. The van der Waals surface area contributed by atoms with Gasteiger partial charge in [0.2, 0.25) is 5.91 Å². The number of anilines is 1. The molecule has 1 N–H and O–H groups in total. The standard InChI is InChI=1S/C28H25N5OS/c1-29-28-25-15-22(10-11-26(25)31-19-32-28)21-7-4-6-20(14-21)17-33(18-23-8-2-3-12-30-23)27(34)16-24-9-5-13-35-24/h2-15,19H,16-18H2,1H3,(H,29,31,32). The molecule has 0 radical (unpaired) electrons. The second-order valence-electron chi connectivity index (χ2n) is 8.23. The number of nitrogens with zero attached hydrogens (tertiary/aromatic N) is 4. The van der Waals surface area contributed by atoms with Gasteiger partial charge in [-0.05, 0) is 58.5 Å². The van der Waals surface area contributed by atoms with E-state index in [9.17, 15) is 4.79 Å². The molecule has 7 heteroatoms. The molecular formula is C28H25N5OS. The first kappa shape index (κ1) is 22.7. The molecule has 0 spiro atoms. The zero-order valence-corrected chi connectivity index (χ0v) is 20.2. The Morgan fingerprint density at radius 3 is 2.63 bits per heavy atom. The highest BCUT2D eigenvalue weighted by Crippen LogP contribution is 2.28.